The van der Waals surface area contributed by atoms with Crippen LogP contribution in [-0.2, 0) is 99.4 Å². The van der Waals surface area contributed by atoms with Crippen LogP contribution in [0.25, 0.3) is 0 Å². The van der Waals surface area contributed by atoms with Gasteiger partial charge < -0.3 is 71.8 Å². The highest BCUT2D eigenvalue weighted by atomic mass is 16.8. The van der Waals surface area contributed by atoms with Crippen molar-refractivity contribution < 1.29 is 76.6 Å². The molecule has 5 aromatic carbocycles. The van der Waals surface area contributed by atoms with E-state index in [4.69, 9.17) is 66.7 Å². The number of aliphatic hydroxyl groups excluding tert-OH is 1. The predicted molar refractivity (Wildman–Crippen MR) is 331 cm³/mol. The third-order valence-corrected chi connectivity index (χ3v) is 16.9. The van der Waals surface area contributed by atoms with Crippen molar-refractivity contribution in [1.82, 2.24) is 0 Å². The smallest absolute Gasteiger partial charge is 0.303 e. The first kappa shape index (κ1) is 67.4. The summed E-state index contributed by atoms with van der Waals surface area (Å²) in [5, 5.41) is 22.0. The van der Waals surface area contributed by atoms with Crippen LogP contribution in [0.4, 0.5) is 0 Å². The maximum absolute atomic E-state index is 12.9. The molecule has 480 valence electrons. The van der Waals surface area contributed by atoms with Crippen LogP contribution in [0.5, 0.6) is 0 Å². The zero-order valence-corrected chi connectivity index (χ0v) is 52.2. The number of hydrogen-bond acceptors (Lipinski definition) is 15. The van der Waals surface area contributed by atoms with E-state index in [9.17, 15) is 9.90 Å². The van der Waals surface area contributed by atoms with Gasteiger partial charge in [0.1, 0.15) is 61.0 Å². The average molecular weight is 1220 g/mol. The normalized spacial score (nSPS) is 28.9. The maximum atomic E-state index is 12.9. The van der Waals surface area contributed by atoms with E-state index in [1.807, 2.05) is 179 Å². The third-order valence-electron chi connectivity index (χ3n) is 16.9. The Kier molecular flexibility index (Phi) is 26.8. The van der Waals surface area contributed by atoms with Gasteiger partial charge in [0.15, 0.2) is 24.7 Å². The molecule has 0 saturated carbocycles. The highest BCUT2D eigenvalue weighted by Crippen LogP contribution is 2.43. The topological polar surface area (TPSA) is 178 Å². The summed E-state index contributed by atoms with van der Waals surface area (Å²) < 4.78 is 91.1. The van der Waals surface area contributed by atoms with Gasteiger partial charge in [-0.15, -0.1) is 0 Å². The van der Waals surface area contributed by atoms with Crippen molar-refractivity contribution in [2.24, 2.45) is 0 Å². The Labute approximate surface area is 521 Å². The van der Waals surface area contributed by atoms with Gasteiger partial charge in [0.25, 0.3) is 0 Å². The molecule has 0 aromatic heterocycles. The van der Waals surface area contributed by atoms with Crippen LogP contribution in [0.1, 0.15) is 146 Å². The van der Waals surface area contributed by atoms with Crippen molar-refractivity contribution >= 4 is 5.97 Å². The minimum Gasteiger partial charge on any atom is -0.481 e. The molecule has 2 N–H and O–H groups in total. The molecule has 4 aliphatic rings. The summed E-state index contributed by atoms with van der Waals surface area (Å²) in [6.07, 6.45) is -2.25. The van der Waals surface area contributed by atoms with E-state index < -0.39 is 104 Å². The third kappa shape index (κ3) is 20.3. The van der Waals surface area contributed by atoms with Gasteiger partial charge in [-0.25, -0.2) is 0 Å². The van der Waals surface area contributed by atoms with Crippen LogP contribution in [0, 0.1) is 0 Å². The molecule has 0 amide bonds. The second kappa shape index (κ2) is 35.0. The van der Waals surface area contributed by atoms with E-state index in [-0.39, 0.29) is 45.6 Å². The monoisotopic (exact) mass is 1220 g/mol. The molecule has 4 heterocycles. The van der Waals surface area contributed by atoms with Crippen molar-refractivity contribution in [2.45, 2.75) is 255 Å². The molecule has 0 aliphatic carbocycles. The van der Waals surface area contributed by atoms with Crippen LogP contribution in [0.3, 0.4) is 0 Å². The first-order chi connectivity index (χ1) is 42.9. The van der Waals surface area contributed by atoms with Crippen LogP contribution in [0.2, 0.25) is 0 Å². The van der Waals surface area contributed by atoms with E-state index >= 15 is 0 Å². The molecule has 0 spiro atoms. The van der Waals surface area contributed by atoms with E-state index in [0.717, 1.165) is 98.4 Å². The molecule has 0 unspecified atom stereocenters. The Bertz CT molecular complexity index is 2710. The minimum atomic E-state index is -1.40. The van der Waals surface area contributed by atoms with E-state index in [2.05, 4.69) is 6.92 Å². The number of benzene rings is 5. The molecule has 16 heteroatoms. The molecule has 5 aromatic rings. The molecule has 4 aliphatic heterocycles. The zero-order chi connectivity index (χ0) is 61.5. The van der Waals surface area contributed by atoms with Crippen molar-refractivity contribution in [2.75, 3.05) is 6.61 Å². The minimum absolute atomic E-state index is 0.0697. The quantitative estimate of drug-likeness (QED) is 0.0362. The number of hydrogen-bond donors (Lipinski definition) is 2. The molecule has 16 atom stereocenters. The van der Waals surface area contributed by atoms with Gasteiger partial charge in [0, 0.05) is 6.42 Å². The van der Waals surface area contributed by atoms with Gasteiger partial charge in [-0.05, 0) is 74.8 Å². The number of carboxylic acid groups (broad SMARTS) is 1. The molecule has 9 rings (SSSR count). The lowest BCUT2D eigenvalue weighted by molar-refractivity contribution is -0.397. The Morgan fingerprint density at radius 2 is 0.920 bits per heavy atom. The standard InChI is InChI=1S/C72H96O16/c1-6-7-18-41-57(42-29-11-9-8-10-12-30-43-59(73)74)83-70-68(66-62(51(3)82-70)87-72(4,5)88-66)86-71-67(85-69-60(75)64(79-47-55-37-25-16-26-38-55)61(50(2)81-69)77-45-53-33-21-14-22-34-53)65(80-48-56-39-27-17-28-40-56)63(78-46-54-35-23-15-24-36-54)58(84-71)49-76-44-52-31-19-13-20-32-52/h13-17,19-28,31-40,50-51,57-58,60-71,75H,6-12,18,29-30,41-49H2,1-5H3,(H,73,74)/t50-,51-,57+,58-,60-,61-,62+,63-,64-,65+,66+,67-,68-,69+,70+,71+/m1/s1. The lowest BCUT2D eigenvalue weighted by Crippen LogP contribution is -2.67. The Balaban J connectivity index is 1.08. The summed E-state index contributed by atoms with van der Waals surface area (Å²) in [5.74, 6) is -1.75. The lowest BCUT2D eigenvalue weighted by atomic mass is 9.95. The molecular weight excluding hydrogens is 1120 g/mol. The number of aliphatic hydroxyl groups is 1. The van der Waals surface area contributed by atoms with Crippen LogP contribution >= 0.6 is 0 Å². The predicted octanol–water partition coefficient (Wildman–Crippen LogP) is 13.0. The van der Waals surface area contributed by atoms with Crippen molar-refractivity contribution in [1.29, 1.82) is 0 Å². The summed E-state index contributed by atoms with van der Waals surface area (Å²) >= 11 is 0. The van der Waals surface area contributed by atoms with E-state index in [0.29, 0.717) is 13.0 Å². The SMILES string of the molecule is CCCCC[C@@H](CCCCCCCCCC(=O)O)O[C@@H]1O[C@H](C)[C@@H]2OC(C)(C)O[C@@H]2[C@H]1O[C@@H]1O[C@H](COCc2ccccc2)[C@@H](OCc2ccccc2)[C@H](OCc2ccccc2)[C@H]1O[C@@H]1O[C@H](C)[C@@H](OCc2ccccc2)[C@H](OCc2ccccc2)[C@H]1O. The number of fused-ring (bicyclic) bond motifs is 1. The Morgan fingerprint density at radius 3 is 1.45 bits per heavy atom. The molecule has 16 nitrogen and oxygen atoms in total. The number of carboxylic acids is 1. The fourth-order valence-corrected chi connectivity index (χ4v) is 12.3. The molecule has 0 bridgehead atoms. The molecule has 0 radical (unpaired) electrons. The summed E-state index contributed by atoms with van der Waals surface area (Å²) in [5.41, 5.74) is 4.72. The second-order valence-corrected chi connectivity index (χ2v) is 24.4. The summed E-state index contributed by atoms with van der Waals surface area (Å²) in [4.78, 5) is 11.1. The van der Waals surface area contributed by atoms with E-state index in [1.165, 1.54) is 0 Å². The van der Waals surface area contributed by atoms with Gasteiger partial charge in [-0.1, -0.05) is 216 Å². The van der Waals surface area contributed by atoms with Crippen molar-refractivity contribution in [3.63, 3.8) is 0 Å². The fraction of sp³-hybridized carbons (Fsp3) is 0.569. The summed E-state index contributed by atoms with van der Waals surface area (Å²) in [6, 6.07) is 49.6. The van der Waals surface area contributed by atoms with Gasteiger partial charge in [-0.2, -0.15) is 0 Å². The Hall–Kier alpha value is -4.99. The zero-order valence-electron chi connectivity index (χ0n) is 52.2. The van der Waals surface area contributed by atoms with Crippen LogP contribution in [0.15, 0.2) is 152 Å². The molecular formula is C72H96O16. The first-order valence-electron chi connectivity index (χ1n) is 32.3. The molecule has 4 saturated heterocycles. The second-order valence-electron chi connectivity index (χ2n) is 24.4. The molecule has 88 heavy (non-hydrogen) atoms. The average Bonchev–Trinajstić information content (AvgIpc) is 1.77. The lowest BCUT2D eigenvalue weighted by Gasteiger charge is -2.50. The van der Waals surface area contributed by atoms with Gasteiger partial charge in [0.05, 0.1) is 58.0 Å². The van der Waals surface area contributed by atoms with Gasteiger partial charge >= 0.3 is 5.97 Å². The van der Waals surface area contributed by atoms with Crippen molar-refractivity contribution in [3.05, 3.63) is 179 Å². The number of aliphatic carboxylic acids is 1. The molecule has 4 fully saturated rings. The fourth-order valence-electron chi connectivity index (χ4n) is 12.3. The highest BCUT2D eigenvalue weighted by Gasteiger charge is 2.59. The highest BCUT2D eigenvalue weighted by molar-refractivity contribution is 5.66. The summed E-state index contributed by atoms with van der Waals surface area (Å²) in [6.45, 7) is 11.0. The number of ether oxygens (including phenoxy) is 13. The Morgan fingerprint density at radius 1 is 0.477 bits per heavy atom. The number of carbonyl (C=O) groups is 1. The van der Waals surface area contributed by atoms with Crippen LogP contribution in [-0.4, -0.2) is 127 Å². The van der Waals surface area contributed by atoms with Crippen molar-refractivity contribution in [3.8, 4) is 0 Å². The van der Waals surface area contributed by atoms with Gasteiger partial charge in [-0.3, -0.25) is 4.79 Å². The first-order valence-corrected chi connectivity index (χ1v) is 32.3. The maximum Gasteiger partial charge on any atom is 0.303 e. The van der Waals surface area contributed by atoms with E-state index in [1.54, 1.807) is 0 Å². The van der Waals surface area contributed by atoms with Gasteiger partial charge in [0.2, 0.25) is 0 Å². The van der Waals surface area contributed by atoms with Crippen LogP contribution < -0.4 is 0 Å². The number of rotatable bonds is 36. The summed E-state index contributed by atoms with van der Waals surface area (Å²) in [7, 11) is 0. The number of unbranched alkanes of at least 4 members (excludes halogenated alkanes) is 8. The largest absolute Gasteiger partial charge is 0.481 e.